The number of carbonyl (C=O) groups is 2. The lowest BCUT2D eigenvalue weighted by Gasteiger charge is -2.71. The van der Waals surface area contributed by atoms with Gasteiger partial charge in [-0.15, -0.1) is 0 Å². The Morgan fingerprint density at radius 3 is 2.20 bits per heavy atom. The molecule has 0 aromatic heterocycles. The number of rotatable bonds is 17. The molecule has 16 heteroatoms. The summed E-state index contributed by atoms with van der Waals surface area (Å²) in [5.74, 6) is 8.95. The Bertz CT molecular complexity index is 2190. The SMILES string of the molecule is C=C[C@H](O)C#CC#CC[C@H](O)[C@H](CCCCCCC)OC(=O)[C@H]1O[C@@H](O[C@H]2CC[C@]3(C)[C@H]4CC=C5[C@@H]6CC(C)(C)CC[C@]6(C(=O)O)CC[C@@]5(C)[C@]4(C)CC[C@H]3C2(C)C)[C@H](O[C@@H]2O[C@H](CO)[C@@H](O)[C@H](O)[C@H]2O)[C@@H](O)[C@@H]1O. The van der Waals surface area contributed by atoms with E-state index >= 15 is 0 Å². The van der Waals surface area contributed by atoms with Gasteiger partial charge in [0.2, 0.25) is 0 Å². The molecule has 0 spiro atoms. The lowest BCUT2D eigenvalue weighted by Crippen LogP contribution is -2.67. The molecule has 2 saturated heterocycles. The first-order chi connectivity index (χ1) is 35.3. The van der Waals surface area contributed by atoms with Gasteiger partial charge in [0, 0.05) is 6.42 Å². The van der Waals surface area contributed by atoms with E-state index < -0.39 is 115 Å². The molecule has 0 aromatic rings. The van der Waals surface area contributed by atoms with Crippen molar-refractivity contribution in [2.24, 2.45) is 50.2 Å². The predicted octanol–water partition coefficient (Wildman–Crippen LogP) is 5.47. The molecule has 4 saturated carbocycles. The highest BCUT2D eigenvalue weighted by Gasteiger charge is 2.70. The largest absolute Gasteiger partial charge is 0.481 e. The average Bonchev–Trinajstić information content (AvgIpc) is 3.36. The molecule has 16 nitrogen and oxygen atoms in total. The summed E-state index contributed by atoms with van der Waals surface area (Å²) in [6, 6.07) is 0. The molecule has 0 amide bonds. The number of hydrogen-bond acceptors (Lipinski definition) is 15. The Kier molecular flexibility index (Phi) is 18.6. The van der Waals surface area contributed by atoms with E-state index in [1.54, 1.807) is 0 Å². The van der Waals surface area contributed by atoms with Gasteiger partial charge >= 0.3 is 11.9 Å². The maximum Gasteiger partial charge on any atom is 0.338 e. The highest BCUT2D eigenvalue weighted by Crippen LogP contribution is 2.76. The van der Waals surface area contributed by atoms with Gasteiger partial charge in [0.05, 0.1) is 18.1 Å². The predicted molar refractivity (Wildman–Crippen MR) is 276 cm³/mol. The summed E-state index contributed by atoms with van der Waals surface area (Å²) in [4.78, 5) is 27.6. The molecule has 75 heavy (non-hydrogen) atoms. The Morgan fingerprint density at radius 2 is 1.52 bits per heavy atom. The number of allylic oxidation sites excluding steroid dienone is 2. The summed E-state index contributed by atoms with van der Waals surface area (Å²) in [5.41, 5.74) is -0.383. The molecular weight excluding hydrogens is 965 g/mol. The fraction of sp³-hybridized carbons (Fsp3) is 0.831. The lowest BCUT2D eigenvalue weighted by atomic mass is 9.33. The van der Waals surface area contributed by atoms with E-state index in [0.29, 0.717) is 25.7 Å². The maximum atomic E-state index is 14.3. The summed E-state index contributed by atoms with van der Waals surface area (Å²) < 4.78 is 31.2. The summed E-state index contributed by atoms with van der Waals surface area (Å²) >= 11 is 0. The van der Waals surface area contributed by atoms with Crippen molar-refractivity contribution < 1.29 is 79.2 Å². The number of carboxylic acid groups (broad SMARTS) is 1. The van der Waals surface area contributed by atoms with Crippen molar-refractivity contribution in [1.82, 2.24) is 0 Å². The highest BCUT2D eigenvalue weighted by molar-refractivity contribution is 5.77. The number of hydrogen-bond donors (Lipinski definition) is 9. The Morgan fingerprint density at radius 1 is 0.813 bits per heavy atom. The molecule has 6 fully saturated rings. The van der Waals surface area contributed by atoms with Gasteiger partial charge in [0.25, 0.3) is 0 Å². The van der Waals surface area contributed by atoms with Gasteiger partial charge in [0.15, 0.2) is 18.7 Å². The van der Waals surface area contributed by atoms with Gasteiger partial charge in [-0.3, -0.25) is 4.79 Å². The van der Waals surface area contributed by atoms with Gasteiger partial charge < -0.3 is 69.6 Å². The van der Waals surface area contributed by atoms with Crippen LogP contribution in [0.4, 0.5) is 0 Å². The van der Waals surface area contributed by atoms with E-state index in [1.807, 2.05) is 0 Å². The van der Waals surface area contributed by atoms with E-state index in [0.717, 1.165) is 70.6 Å². The zero-order chi connectivity index (χ0) is 55.1. The zero-order valence-electron chi connectivity index (χ0n) is 45.8. The third-order valence-corrected chi connectivity index (χ3v) is 20.4. The third kappa shape index (κ3) is 11.3. The molecule has 7 rings (SSSR count). The van der Waals surface area contributed by atoms with Crippen LogP contribution in [0.15, 0.2) is 24.3 Å². The molecule has 2 heterocycles. The zero-order valence-corrected chi connectivity index (χ0v) is 45.8. The van der Waals surface area contributed by atoms with Crippen LogP contribution in [-0.2, 0) is 33.3 Å². The van der Waals surface area contributed by atoms with Crippen LogP contribution >= 0.6 is 0 Å². The van der Waals surface area contributed by atoms with E-state index in [4.69, 9.17) is 23.7 Å². The van der Waals surface area contributed by atoms with Crippen LogP contribution < -0.4 is 0 Å². The molecule has 2 aliphatic heterocycles. The minimum Gasteiger partial charge on any atom is -0.481 e. The number of carbonyl (C=O) groups excluding carboxylic acids is 1. The van der Waals surface area contributed by atoms with E-state index in [9.17, 15) is 55.5 Å². The standard InChI is InChI=1S/C59H90O16/c1-10-12-13-14-18-21-38(37(62)20-17-15-16-19-34(61)11-2)71-50(68)48-45(65)46(66)49(75-51-47(67)44(64)43(63)39(33-60)72-51)52(74-48)73-42-25-26-56(7)40(55(42,5)6)24-27-58(9)41(56)23-22-35-36-32-54(3,4)28-30-59(36,53(69)70)31-29-57(35,58)8/h11,22,34,36-49,51-52,60-67H,2,10,12-14,18,20-21,23-33H2,1,3-9H3,(H,69,70)/t34-,36-,37-,38-,39+,40-,41+,42-,43+,44-,45-,46-,47+,48-,49+,51-,52+,56-,57+,58+,59-/m0/s1. The van der Waals surface area contributed by atoms with Gasteiger partial charge in [0.1, 0.15) is 61.0 Å². The van der Waals surface area contributed by atoms with Crippen molar-refractivity contribution in [3.63, 3.8) is 0 Å². The summed E-state index contributed by atoms with van der Waals surface area (Å²) in [5, 5.41) is 98.0. The number of carboxylic acids is 1. The molecule has 0 aromatic carbocycles. The van der Waals surface area contributed by atoms with Gasteiger partial charge in [-0.1, -0.05) is 117 Å². The van der Waals surface area contributed by atoms with Crippen molar-refractivity contribution in [3.05, 3.63) is 24.3 Å². The fourth-order valence-electron chi connectivity index (χ4n) is 15.6. The molecule has 7 aliphatic rings. The topological polar surface area (TPSA) is 262 Å². The Labute approximate surface area is 445 Å². The van der Waals surface area contributed by atoms with E-state index in [-0.39, 0.29) is 52.3 Å². The first-order valence-corrected chi connectivity index (χ1v) is 28.0. The van der Waals surface area contributed by atoms with Crippen LogP contribution in [0, 0.1) is 73.9 Å². The molecule has 422 valence electrons. The van der Waals surface area contributed by atoms with Gasteiger partial charge in [-0.25, -0.2) is 4.79 Å². The summed E-state index contributed by atoms with van der Waals surface area (Å²) in [6.07, 6.45) is -5.58. The number of fused-ring (bicyclic) bond motifs is 7. The van der Waals surface area contributed by atoms with Crippen molar-refractivity contribution in [1.29, 1.82) is 0 Å². The van der Waals surface area contributed by atoms with Crippen LogP contribution in [-0.4, -0.2) is 150 Å². The number of aliphatic hydroxyl groups is 8. The second kappa shape index (κ2) is 23.4. The molecule has 5 aliphatic carbocycles. The maximum absolute atomic E-state index is 14.3. The number of esters is 1. The van der Waals surface area contributed by atoms with Gasteiger partial charge in [-0.05, 0) is 134 Å². The van der Waals surface area contributed by atoms with Crippen LogP contribution in [0.5, 0.6) is 0 Å². The first kappa shape index (κ1) is 59.7. The summed E-state index contributed by atoms with van der Waals surface area (Å²) in [7, 11) is 0. The Hall–Kier alpha value is -2.94. The fourth-order valence-corrected chi connectivity index (χ4v) is 15.6. The quantitative estimate of drug-likeness (QED) is 0.0288. The third-order valence-electron chi connectivity index (χ3n) is 20.4. The van der Waals surface area contributed by atoms with Crippen LogP contribution in [0.3, 0.4) is 0 Å². The Balaban J connectivity index is 1.16. The molecule has 0 radical (unpaired) electrons. The smallest absolute Gasteiger partial charge is 0.338 e. The minimum absolute atomic E-state index is 0.0137. The first-order valence-electron chi connectivity index (χ1n) is 28.0. The van der Waals surface area contributed by atoms with Crippen LogP contribution in [0.25, 0.3) is 0 Å². The van der Waals surface area contributed by atoms with Crippen molar-refractivity contribution >= 4 is 11.9 Å². The molecular formula is C59H90O16. The van der Waals surface area contributed by atoms with Crippen LogP contribution in [0.2, 0.25) is 0 Å². The molecule has 21 atom stereocenters. The number of unbranched alkanes of at least 4 members (excludes halogenated alkanes) is 4. The van der Waals surface area contributed by atoms with E-state index in [1.165, 1.54) is 11.6 Å². The summed E-state index contributed by atoms with van der Waals surface area (Å²) in [6.45, 7) is 21.0. The molecule has 0 unspecified atom stereocenters. The molecule has 9 N–H and O–H groups in total. The van der Waals surface area contributed by atoms with Gasteiger partial charge in [-0.2, -0.15) is 0 Å². The monoisotopic (exact) mass is 1050 g/mol. The van der Waals surface area contributed by atoms with Crippen molar-refractivity contribution in [2.75, 3.05) is 6.61 Å². The second-order valence-corrected chi connectivity index (χ2v) is 25.6. The van der Waals surface area contributed by atoms with Crippen molar-refractivity contribution in [3.8, 4) is 23.7 Å². The average molecular weight is 1060 g/mol. The lowest BCUT2D eigenvalue weighted by molar-refractivity contribution is -0.375. The normalized spacial score (nSPS) is 42.9. The number of aliphatic hydroxyl groups excluding tert-OH is 8. The van der Waals surface area contributed by atoms with Crippen LogP contribution in [0.1, 0.15) is 165 Å². The minimum atomic E-state index is -2.00. The number of ether oxygens (including phenoxy) is 5. The second-order valence-electron chi connectivity index (χ2n) is 25.6. The number of aliphatic carboxylic acids is 1. The van der Waals surface area contributed by atoms with E-state index in [2.05, 4.69) is 91.7 Å². The molecule has 0 bridgehead atoms. The van der Waals surface area contributed by atoms with Crippen molar-refractivity contribution in [2.45, 2.75) is 250 Å². The highest BCUT2D eigenvalue weighted by atomic mass is 16.8.